The lowest BCUT2D eigenvalue weighted by Gasteiger charge is -2.17. The van der Waals surface area contributed by atoms with Crippen LogP contribution in [-0.4, -0.2) is 20.4 Å². The van der Waals surface area contributed by atoms with Gasteiger partial charge in [0.25, 0.3) is 0 Å². The average Bonchev–Trinajstić information content (AvgIpc) is 2.97. The zero-order valence-electron chi connectivity index (χ0n) is 26.4. The Morgan fingerprint density at radius 3 is 1.00 bits per heavy atom. The van der Waals surface area contributed by atoms with E-state index in [1.165, 1.54) is 103 Å². The highest BCUT2D eigenvalue weighted by atomic mass is 16.3. The first kappa shape index (κ1) is 34.8. The summed E-state index contributed by atoms with van der Waals surface area (Å²) in [6, 6.07) is 6.94. The Balaban J connectivity index is 1.90. The molecule has 0 aromatic heterocycles. The highest BCUT2D eigenvalue weighted by Gasteiger charge is 2.19. The number of benzene rings is 2. The number of phenolic OH excluding ortho intramolecular Hbond substituents is 4. The predicted octanol–water partition coefficient (Wildman–Crippen LogP) is 11.0. The van der Waals surface area contributed by atoms with Crippen molar-refractivity contribution in [2.75, 3.05) is 0 Å². The molecule has 0 unspecified atom stereocenters. The molecule has 2 aromatic rings. The number of hydrogen-bond acceptors (Lipinski definition) is 4. The Bertz CT molecular complexity index is 890. The van der Waals surface area contributed by atoms with E-state index in [0.29, 0.717) is 17.5 Å². The fraction of sp³-hybridized carbons (Fsp3) is 0.676. The summed E-state index contributed by atoms with van der Waals surface area (Å²) in [6.45, 7) is 4.51. The van der Waals surface area contributed by atoms with Crippen LogP contribution in [0.1, 0.15) is 165 Å². The third-order valence-electron chi connectivity index (χ3n) is 8.67. The summed E-state index contributed by atoms with van der Waals surface area (Å²) in [5.74, 6) is -0.491. The van der Waals surface area contributed by atoms with E-state index in [4.69, 9.17) is 0 Å². The lowest BCUT2D eigenvalue weighted by atomic mass is 9.90. The van der Waals surface area contributed by atoms with Crippen LogP contribution in [0.2, 0.25) is 0 Å². The quantitative estimate of drug-likeness (QED) is 0.0750. The molecule has 4 nitrogen and oxygen atoms in total. The zero-order chi connectivity index (χ0) is 29.7. The van der Waals surface area contributed by atoms with Crippen molar-refractivity contribution in [1.29, 1.82) is 0 Å². The molecule has 0 bridgehead atoms. The van der Waals surface area contributed by atoms with E-state index in [1.807, 2.05) is 12.1 Å². The molecule has 0 saturated heterocycles. The van der Waals surface area contributed by atoms with E-state index < -0.39 is 0 Å². The standard InChI is InChI=1S/C37H60O4/c1-3-5-7-9-11-13-15-17-19-21-23-30-25-27-34(38)36(40)32(30)29-33-31(26-28-35(39)37(33)41)24-22-20-18-16-14-12-10-8-6-4-2/h25-28,38-41H,3-24,29H2,1-2H3. The molecular weight excluding hydrogens is 508 g/mol. The van der Waals surface area contributed by atoms with Gasteiger partial charge in [0.1, 0.15) is 0 Å². The van der Waals surface area contributed by atoms with E-state index in [9.17, 15) is 20.4 Å². The molecule has 0 aliphatic carbocycles. The highest BCUT2D eigenvalue weighted by molar-refractivity contribution is 5.56. The maximum absolute atomic E-state index is 10.8. The van der Waals surface area contributed by atoms with E-state index in [0.717, 1.165) is 49.7 Å². The Kier molecular flexibility index (Phi) is 18.1. The minimum atomic E-state index is -0.136. The summed E-state index contributed by atoms with van der Waals surface area (Å²) in [4.78, 5) is 0. The zero-order valence-corrected chi connectivity index (χ0v) is 26.4. The van der Waals surface area contributed by atoms with Crippen molar-refractivity contribution >= 4 is 0 Å². The molecule has 4 N–H and O–H groups in total. The van der Waals surface area contributed by atoms with Crippen LogP contribution in [0.4, 0.5) is 0 Å². The molecule has 232 valence electrons. The van der Waals surface area contributed by atoms with E-state index in [-0.39, 0.29) is 23.0 Å². The van der Waals surface area contributed by atoms with Crippen molar-refractivity contribution in [3.63, 3.8) is 0 Å². The Hall–Kier alpha value is -2.36. The largest absolute Gasteiger partial charge is 0.504 e. The van der Waals surface area contributed by atoms with Crippen LogP contribution < -0.4 is 0 Å². The number of aryl methyl sites for hydroxylation is 2. The molecule has 0 fully saturated rings. The van der Waals surface area contributed by atoms with Crippen molar-refractivity contribution in [3.8, 4) is 23.0 Å². The van der Waals surface area contributed by atoms with Gasteiger partial charge in [0.05, 0.1) is 0 Å². The molecule has 0 amide bonds. The van der Waals surface area contributed by atoms with Crippen molar-refractivity contribution in [2.45, 2.75) is 162 Å². The SMILES string of the molecule is CCCCCCCCCCCCc1ccc(O)c(O)c1Cc1c(CCCCCCCCCCCC)ccc(O)c1O. The minimum absolute atomic E-state index is 0.109. The van der Waals surface area contributed by atoms with Gasteiger partial charge < -0.3 is 20.4 Å². The molecular formula is C37H60O4. The summed E-state index contributed by atoms with van der Waals surface area (Å²) in [5, 5.41) is 42.2. The van der Waals surface area contributed by atoms with Crippen LogP contribution in [0.25, 0.3) is 0 Å². The van der Waals surface area contributed by atoms with Crippen LogP contribution in [0.3, 0.4) is 0 Å². The third-order valence-corrected chi connectivity index (χ3v) is 8.67. The first-order valence-electron chi connectivity index (χ1n) is 17.0. The smallest absolute Gasteiger partial charge is 0.161 e. The molecule has 0 saturated carbocycles. The molecule has 0 radical (unpaired) electrons. The van der Waals surface area contributed by atoms with Gasteiger partial charge in [0, 0.05) is 17.5 Å². The van der Waals surface area contributed by atoms with E-state index >= 15 is 0 Å². The topological polar surface area (TPSA) is 80.9 Å². The van der Waals surface area contributed by atoms with Gasteiger partial charge in [-0.25, -0.2) is 0 Å². The fourth-order valence-corrected chi connectivity index (χ4v) is 5.98. The second-order valence-electron chi connectivity index (χ2n) is 12.2. The van der Waals surface area contributed by atoms with Crippen molar-refractivity contribution in [1.82, 2.24) is 0 Å². The van der Waals surface area contributed by atoms with Crippen LogP contribution in [0, 0.1) is 0 Å². The van der Waals surface area contributed by atoms with Gasteiger partial charge in [-0.2, -0.15) is 0 Å². The first-order valence-corrected chi connectivity index (χ1v) is 17.0. The highest BCUT2D eigenvalue weighted by Crippen LogP contribution is 2.39. The van der Waals surface area contributed by atoms with Crippen LogP contribution in [0.15, 0.2) is 24.3 Å². The maximum atomic E-state index is 10.8. The van der Waals surface area contributed by atoms with Crippen molar-refractivity contribution in [3.05, 3.63) is 46.5 Å². The summed E-state index contributed by atoms with van der Waals surface area (Å²) >= 11 is 0. The fourth-order valence-electron chi connectivity index (χ4n) is 5.98. The van der Waals surface area contributed by atoms with Crippen LogP contribution >= 0.6 is 0 Å². The molecule has 2 rings (SSSR count). The van der Waals surface area contributed by atoms with E-state index in [2.05, 4.69) is 13.8 Å². The van der Waals surface area contributed by atoms with Gasteiger partial charge in [-0.05, 0) is 48.9 Å². The van der Waals surface area contributed by atoms with Gasteiger partial charge in [0.2, 0.25) is 0 Å². The van der Waals surface area contributed by atoms with E-state index in [1.54, 1.807) is 12.1 Å². The van der Waals surface area contributed by atoms with Gasteiger partial charge in [0.15, 0.2) is 23.0 Å². The van der Waals surface area contributed by atoms with Gasteiger partial charge in [-0.3, -0.25) is 0 Å². The number of rotatable bonds is 24. The summed E-state index contributed by atoms with van der Waals surface area (Å²) in [5.41, 5.74) is 3.33. The lowest BCUT2D eigenvalue weighted by molar-refractivity contribution is 0.394. The second-order valence-corrected chi connectivity index (χ2v) is 12.2. The molecule has 0 aliphatic heterocycles. The number of hydrogen-bond donors (Lipinski definition) is 4. The normalized spacial score (nSPS) is 11.4. The molecule has 0 spiro atoms. The molecule has 2 aromatic carbocycles. The van der Waals surface area contributed by atoms with Gasteiger partial charge >= 0.3 is 0 Å². The summed E-state index contributed by atoms with van der Waals surface area (Å²) < 4.78 is 0. The third kappa shape index (κ3) is 13.4. The van der Waals surface area contributed by atoms with Crippen LogP contribution in [-0.2, 0) is 19.3 Å². The predicted molar refractivity (Wildman–Crippen MR) is 173 cm³/mol. The van der Waals surface area contributed by atoms with Crippen LogP contribution in [0.5, 0.6) is 23.0 Å². The Labute approximate surface area is 251 Å². The molecule has 0 aliphatic rings. The monoisotopic (exact) mass is 568 g/mol. The number of phenols is 4. The molecule has 0 atom stereocenters. The Morgan fingerprint density at radius 1 is 0.390 bits per heavy atom. The second kappa shape index (κ2) is 21.4. The van der Waals surface area contributed by atoms with Gasteiger partial charge in [-0.15, -0.1) is 0 Å². The molecule has 0 heterocycles. The molecule has 4 heteroatoms. The maximum Gasteiger partial charge on any atom is 0.161 e. The summed E-state index contributed by atoms with van der Waals surface area (Å²) in [7, 11) is 0. The Morgan fingerprint density at radius 2 is 0.683 bits per heavy atom. The number of unbranched alkanes of at least 4 members (excludes halogenated alkanes) is 18. The number of aromatic hydroxyl groups is 4. The minimum Gasteiger partial charge on any atom is -0.504 e. The van der Waals surface area contributed by atoms with Crippen molar-refractivity contribution < 1.29 is 20.4 Å². The molecule has 41 heavy (non-hydrogen) atoms. The first-order chi connectivity index (χ1) is 20.0. The lowest BCUT2D eigenvalue weighted by Crippen LogP contribution is -2.02. The van der Waals surface area contributed by atoms with Gasteiger partial charge in [-0.1, -0.05) is 142 Å². The summed E-state index contributed by atoms with van der Waals surface area (Å²) in [6.07, 6.45) is 27.3. The van der Waals surface area contributed by atoms with Crippen molar-refractivity contribution in [2.24, 2.45) is 0 Å². The average molecular weight is 569 g/mol.